The van der Waals surface area contributed by atoms with Crippen LogP contribution in [0.25, 0.3) is 0 Å². The van der Waals surface area contributed by atoms with Crippen molar-refractivity contribution >= 4 is 28.2 Å². The molecule has 0 bridgehead atoms. The molecule has 31 heavy (non-hydrogen) atoms. The van der Waals surface area contributed by atoms with Crippen LogP contribution in [-0.2, 0) is 19.5 Å². The van der Waals surface area contributed by atoms with Gasteiger partial charge in [0.05, 0.1) is 5.56 Å². The van der Waals surface area contributed by atoms with Crippen molar-refractivity contribution in [3.63, 3.8) is 0 Å². The maximum absolute atomic E-state index is 9.78. The highest BCUT2D eigenvalue weighted by Crippen LogP contribution is 2.38. The first-order valence-corrected chi connectivity index (χ1v) is 11.7. The van der Waals surface area contributed by atoms with E-state index < -0.39 is 0 Å². The van der Waals surface area contributed by atoms with Crippen LogP contribution in [0.1, 0.15) is 41.0 Å². The minimum absolute atomic E-state index is 0.760. The quantitative estimate of drug-likeness (QED) is 0.448. The summed E-state index contributed by atoms with van der Waals surface area (Å²) < 4.78 is 0. The number of benzene rings is 2. The third-order valence-corrected chi connectivity index (χ3v) is 6.96. The molecule has 0 amide bonds. The van der Waals surface area contributed by atoms with E-state index in [1.807, 2.05) is 6.21 Å². The van der Waals surface area contributed by atoms with Crippen LogP contribution in [0, 0.1) is 11.3 Å². The summed E-state index contributed by atoms with van der Waals surface area (Å²) in [5, 5.41) is 10.6. The summed E-state index contributed by atoms with van der Waals surface area (Å²) >= 11 is 1.67. The number of fused-ring (bicyclic) bond motifs is 1. The van der Waals surface area contributed by atoms with Crippen molar-refractivity contribution < 1.29 is 0 Å². The van der Waals surface area contributed by atoms with E-state index in [9.17, 15) is 5.26 Å². The van der Waals surface area contributed by atoms with E-state index >= 15 is 0 Å². The Hall–Kier alpha value is -2.94. The highest BCUT2D eigenvalue weighted by atomic mass is 32.1. The van der Waals surface area contributed by atoms with Gasteiger partial charge in [0, 0.05) is 49.5 Å². The monoisotopic (exact) mass is 428 g/mol. The zero-order chi connectivity index (χ0) is 21.6. The summed E-state index contributed by atoms with van der Waals surface area (Å²) in [5.41, 5.74) is 5.56. The van der Waals surface area contributed by atoms with Gasteiger partial charge < -0.3 is 4.90 Å². The Morgan fingerprint density at radius 2 is 1.84 bits per heavy atom. The minimum Gasteiger partial charge on any atom is -0.372 e. The molecule has 0 atom stereocenters. The second kappa shape index (κ2) is 9.91. The van der Waals surface area contributed by atoms with Gasteiger partial charge in [-0.3, -0.25) is 4.90 Å². The Kier molecular flexibility index (Phi) is 6.81. The average Bonchev–Trinajstić information content (AvgIpc) is 3.16. The summed E-state index contributed by atoms with van der Waals surface area (Å²) in [6.45, 7) is 9.14. The predicted molar refractivity (Wildman–Crippen MR) is 131 cm³/mol. The molecule has 4 rings (SSSR count). The normalized spacial score (nSPS) is 13.8. The van der Waals surface area contributed by atoms with Crippen molar-refractivity contribution in [1.29, 1.82) is 5.26 Å². The van der Waals surface area contributed by atoms with Gasteiger partial charge in [0.15, 0.2) is 0 Å². The Balaban J connectivity index is 1.49. The van der Waals surface area contributed by atoms with Crippen LogP contribution < -0.4 is 4.90 Å². The molecule has 2 aromatic carbocycles. The molecular formula is C26H28N4S. The van der Waals surface area contributed by atoms with Crippen LogP contribution in [0.5, 0.6) is 0 Å². The lowest BCUT2D eigenvalue weighted by Gasteiger charge is -2.26. The molecule has 1 aliphatic rings. The molecule has 158 valence electrons. The number of hydrogen-bond donors (Lipinski definition) is 0. The molecule has 3 aromatic rings. The highest BCUT2D eigenvalue weighted by Gasteiger charge is 2.24. The lowest BCUT2D eigenvalue weighted by atomic mass is 10.0. The first-order valence-electron chi connectivity index (χ1n) is 10.9. The lowest BCUT2D eigenvalue weighted by molar-refractivity contribution is 0.249. The van der Waals surface area contributed by atoms with Crippen LogP contribution in [-0.4, -0.2) is 30.7 Å². The molecule has 0 spiro atoms. The summed E-state index contributed by atoms with van der Waals surface area (Å²) in [6.07, 6.45) is 2.79. The van der Waals surface area contributed by atoms with Crippen LogP contribution in [0.15, 0.2) is 59.6 Å². The number of anilines is 1. The van der Waals surface area contributed by atoms with Gasteiger partial charge in [0.2, 0.25) is 0 Å². The fourth-order valence-electron chi connectivity index (χ4n) is 4.12. The molecule has 0 radical (unpaired) electrons. The summed E-state index contributed by atoms with van der Waals surface area (Å²) in [5.74, 6) is 0. The molecule has 0 aliphatic carbocycles. The van der Waals surface area contributed by atoms with Crippen molar-refractivity contribution in [2.24, 2.45) is 4.99 Å². The van der Waals surface area contributed by atoms with Crippen molar-refractivity contribution in [3.8, 4) is 6.07 Å². The summed E-state index contributed by atoms with van der Waals surface area (Å²) in [7, 11) is 0. The van der Waals surface area contributed by atoms with Crippen LogP contribution in [0.3, 0.4) is 0 Å². The number of hydrogen-bond acceptors (Lipinski definition) is 5. The number of thiophene rings is 1. The Morgan fingerprint density at radius 3 is 2.52 bits per heavy atom. The first-order chi connectivity index (χ1) is 15.2. The second-order valence-corrected chi connectivity index (χ2v) is 8.85. The van der Waals surface area contributed by atoms with Crippen molar-refractivity contribution in [2.45, 2.75) is 33.4 Å². The van der Waals surface area contributed by atoms with E-state index in [-0.39, 0.29) is 0 Å². The van der Waals surface area contributed by atoms with Crippen molar-refractivity contribution in [1.82, 2.24) is 4.90 Å². The molecule has 0 N–H and O–H groups in total. The van der Waals surface area contributed by atoms with E-state index in [4.69, 9.17) is 4.99 Å². The van der Waals surface area contributed by atoms with E-state index in [1.54, 1.807) is 11.3 Å². The Bertz CT molecular complexity index is 1070. The molecule has 0 fully saturated rings. The lowest BCUT2D eigenvalue weighted by Crippen LogP contribution is -2.29. The second-order valence-electron chi connectivity index (χ2n) is 7.76. The molecule has 4 nitrogen and oxygen atoms in total. The first kappa shape index (κ1) is 21.3. The van der Waals surface area contributed by atoms with Gasteiger partial charge in [0.1, 0.15) is 11.1 Å². The largest absolute Gasteiger partial charge is 0.372 e. The van der Waals surface area contributed by atoms with E-state index in [1.165, 1.54) is 21.7 Å². The zero-order valence-electron chi connectivity index (χ0n) is 18.2. The fourth-order valence-corrected chi connectivity index (χ4v) is 5.30. The highest BCUT2D eigenvalue weighted by molar-refractivity contribution is 7.16. The Morgan fingerprint density at radius 1 is 1.10 bits per heavy atom. The SMILES string of the molecule is CCN(CC)c1ccc(C=Nc2sc3c(c2C#N)CCN(Cc2ccccc2)C3)cc1. The third-order valence-electron chi connectivity index (χ3n) is 5.83. The standard InChI is InChI=1S/C26H28N4S/c1-3-30(4-2)22-12-10-20(11-13-22)17-28-26-24(16-27)23-14-15-29(19-25(23)31-26)18-21-8-6-5-7-9-21/h5-13,17H,3-4,14-15,18-19H2,1-2H3. The van der Waals surface area contributed by atoms with Gasteiger partial charge in [-0.05, 0) is 49.1 Å². The molecule has 1 aromatic heterocycles. The fraction of sp³-hybridized carbons (Fsp3) is 0.308. The molecule has 1 aliphatic heterocycles. The molecule has 2 heterocycles. The maximum atomic E-state index is 9.78. The number of rotatable bonds is 7. The van der Waals surface area contributed by atoms with Crippen LogP contribution in [0.4, 0.5) is 10.7 Å². The van der Waals surface area contributed by atoms with Crippen molar-refractivity contribution in [2.75, 3.05) is 24.5 Å². The summed E-state index contributed by atoms with van der Waals surface area (Å²) in [4.78, 5) is 10.8. The van der Waals surface area contributed by atoms with Gasteiger partial charge in [0.25, 0.3) is 0 Å². The van der Waals surface area contributed by atoms with Crippen LogP contribution in [0.2, 0.25) is 0 Å². The molecule has 5 heteroatoms. The number of nitrogens with zero attached hydrogens (tertiary/aromatic N) is 4. The average molecular weight is 429 g/mol. The van der Waals surface area contributed by atoms with E-state index in [2.05, 4.69) is 84.3 Å². The third kappa shape index (κ3) is 4.87. The van der Waals surface area contributed by atoms with Gasteiger partial charge in [-0.15, -0.1) is 11.3 Å². The molecular weight excluding hydrogens is 400 g/mol. The maximum Gasteiger partial charge on any atom is 0.134 e. The van der Waals surface area contributed by atoms with Gasteiger partial charge >= 0.3 is 0 Å². The smallest absolute Gasteiger partial charge is 0.134 e. The Labute approximate surface area is 189 Å². The van der Waals surface area contributed by atoms with Gasteiger partial charge in [-0.2, -0.15) is 5.26 Å². The summed E-state index contributed by atoms with van der Waals surface area (Å²) in [6, 6.07) is 21.5. The van der Waals surface area contributed by atoms with E-state index in [0.717, 1.165) is 55.3 Å². The predicted octanol–water partition coefficient (Wildman–Crippen LogP) is 5.77. The van der Waals surface area contributed by atoms with Gasteiger partial charge in [-0.1, -0.05) is 42.5 Å². The number of aliphatic imine (C=N–C) groups is 1. The molecule has 0 unspecified atom stereocenters. The zero-order valence-corrected chi connectivity index (χ0v) is 19.0. The topological polar surface area (TPSA) is 42.6 Å². The molecule has 0 saturated carbocycles. The molecule has 0 saturated heterocycles. The van der Waals surface area contributed by atoms with Crippen LogP contribution >= 0.6 is 11.3 Å². The minimum atomic E-state index is 0.760. The van der Waals surface area contributed by atoms with E-state index in [0.29, 0.717) is 0 Å². The van der Waals surface area contributed by atoms with Crippen molar-refractivity contribution in [3.05, 3.63) is 81.7 Å². The van der Waals surface area contributed by atoms with Gasteiger partial charge in [-0.25, -0.2) is 4.99 Å². The number of nitriles is 1.